The number of benzene rings is 3. The van der Waals surface area contributed by atoms with Gasteiger partial charge in [0, 0.05) is 23.1 Å². The lowest BCUT2D eigenvalue weighted by Gasteiger charge is -2.12. The van der Waals surface area contributed by atoms with Gasteiger partial charge in [0.15, 0.2) is 6.61 Å². The number of amides is 1. The molecule has 0 aliphatic carbocycles. The van der Waals surface area contributed by atoms with Crippen molar-refractivity contribution in [1.29, 1.82) is 0 Å². The standard InChI is InChI=1S/C25H21NO5/c27-24(17-30-20-12-10-19-11-13-25(28)31-23(19)16-20)26-14-15-29-22-9-5-4-8-21(22)18-6-2-1-3-7-18/h1-13,16H,14-15,17H2,(H,26,27). The third-order valence-electron chi connectivity index (χ3n) is 4.62. The van der Waals surface area contributed by atoms with Crippen molar-refractivity contribution >= 4 is 16.9 Å². The molecule has 4 rings (SSSR count). The summed E-state index contributed by atoms with van der Waals surface area (Å²) >= 11 is 0. The molecule has 3 aromatic carbocycles. The van der Waals surface area contributed by atoms with Crippen LogP contribution in [-0.2, 0) is 4.79 Å². The van der Waals surface area contributed by atoms with E-state index in [1.807, 2.05) is 54.6 Å². The number of carbonyl (C=O) groups is 1. The van der Waals surface area contributed by atoms with Crippen LogP contribution in [0.25, 0.3) is 22.1 Å². The van der Waals surface area contributed by atoms with Crippen LogP contribution < -0.4 is 20.4 Å². The van der Waals surface area contributed by atoms with Crippen LogP contribution in [0.2, 0.25) is 0 Å². The van der Waals surface area contributed by atoms with E-state index in [0.29, 0.717) is 24.5 Å². The smallest absolute Gasteiger partial charge is 0.336 e. The zero-order valence-electron chi connectivity index (χ0n) is 16.7. The molecular weight excluding hydrogens is 394 g/mol. The minimum absolute atomic E-state index is 0.150. The maximum atomic E-state index is 12.1. The summed E-state index contributed by atoms with van der Waals surface area (Å²) in [6.07, 6.45) is 0. The van der Waals surface area contributed by atoms with Crippen LogP contribution in [0.1, 0.15) is 0 Å². The Kier molecular flexibility index (Phi) is 6.28. The Morgan fingerprint density at radius 1 is 0.871 bits per heavy atom. The van der Waals surface area contributed by atoms with E-state index >= 15 is 0 Å². The second-order valence-corrected chi connectivity index (χ2v) is 6.80. The first-order valence-corrected chi connectivity index (χ1v) is 9.90. The van der Waals surface area contributed by atoms with E-state index in [1.54, 1.807) is 24.3 Å². The molecule has 0 bridgehead atoms. The zero-order chi connectivity index (χ0) is 21.5. The van der Waals surface area contributed by atoms with Gasteiger partial charge in [0.2, 0.25) is 0 Å². The van der Waals surface area contributed by atoms with Gasteiger partial charge in [-0.2, -0.15) is 0 Å². The molecule has 0 saturated carbocycles. The summed E-state index contributed by atoms with van der Waals surface area (Å²) in [5, 5.41) is 3.55. The third kappa shape index (κ3) is 5.30. The van der Waals surface area contributed by atoms with Gasteiger partial charge in [0.25, 0.3) is 5.91 Å². The van der Waals surface area contributed by atoms with Crippen LogP contribution in [0.15, 0.2) is 94.1 Å². The number of carbonyl (C=O) groups excluding carboxylic acids is 1. The Morgan fingerprint density at radius 2 is 1.65 bits per heavy atom. The Balaban J connectivity index is 1.26. The van der Waals surface area contributed by atoms with Crippen LogP contribution in [0, 0.1) is 0 Å². The first kappa shape index (κ1) is 20.2. The average Bonchev–Trinajstić information content (AvgIpc) is 2.81. The topological polar surface area (TPSA) is 77.8 Å². The maximum absolute atomic E-state index is 12.1. The van der Waals surface area contributed by atoms with Crippen LogP contribution in [0.3, 0.4) is 0 Å². The van der Waals surface area contributed by atoms with Gasteiger partial charge in [-0.3, -0.25) is 4.79 Å². The van der Waals surface area contributed by atoms with Crippen molar-refractivity contribution in [3.63, 3.8) is 0 Å². The second-order valence-electron chi connectivity index (χ2n) is 6.80. The van der Waals surface area contributed by atoms with Crippen LogP contribution in [-0.4, -0.2) is 25.7 Å². The van der Waals surface area contributed by atoms with Gasteiger partial charge in [-0.25, -0.2) is 4.79 Å². The lowest BCUT2D eigenvalue weighted by Crippen LogP contribution is -2.32. The molecule has 0 aliphatic rings. The normalized spacial score (nSPS) is 10.6. The zero-order valence-corrected chi connectivity index (χ0v) is 16.7. The summed E-state index contributed by atoms with van der Waals surface area (Å²) in [4.78, 5) is 23.4. The van der Waals surface area contributed by atoms with Gasteiger partial charge in [-0.05, 0) is 29.8 Å². The van der Waals surface area contributed by atoms with Gasteiger partial charge in [-0.1, -0.05) is 48.5 Å². The van der Waals surface area contributed by atoms with Crippen molar-refractivity contribution < 1.29 is 18.7 Å². The van der Waals surface area contributed by atoms with E-state index in [4.69, 9.17) is 13.9 Å². The van der Waals surface area contributed by atoms with Crippen molar-refractivity contribution in [1.82, 2.24) is 5.32 Å². The number of nitrogens with one attached hydrogen (secondary N) is 1. The third-order valence-corrected chi connectivity index (χ3v) is 4.62. The van der Waals surface area contributed by atoms with Gasteiger partial charge >= 0.3 is 5.63 Å². The van der Waals surface area contributed by atoms with Crippen molar-refractivity contribution in [3.8, 4) is 22.6 Å². The fourth-order valence-corrected chi connectivity index (χ4v) is 3.13. The molecule has 0 fully saturated rings. The average molecular weight is 415 g/mol. The molecule has 1 N–H and O–H groups in total. The van der Waals surface area contributed by atoms with Crippen molar-refractivity contribution in [2.24, 2.45) is 0 Å². The number of para-hydroxylation sites is 1. The molecule has 0 saturated heterocycles. The van der Waals surface area contributed by atoms with E-state index in [2.05, 4.69) is 5.32 Å². The molecule has 0 spiro atoms. The predicted octanol–water partition coefficient (Wildman–Crippen LogP) is 4.03. The molecule has 0 atom stereocenters. The molecular formula is C25H21NO5. The largest absolute Gasteiger partial charge is 0.491 e. The molecule has 4 aromatic rings. The Bertz CT molecular complexity index is 1230. The summed E-state index contributed by atoms with van der Waals surface area (Å²) < 4.78 is 16.5. The molecule has 1 aromatic heterocycles. The second kappa shape index (κ2) is 9.63. The summed E-state index contributed by atoms with van der Waals surface area (Å²) in [5.74, 6) is 0.941. The summed E-state index contributed by atoms with van der Waals surface area (Å²) in [6.45, 7) is 0.526. The summed E-state index contributed by atoms with van der Waals surface area (Å²) in [7, 11) is 0. The number of rotatable bonds is 8. The van der Waals surface area contributed by atoms with Gasteiger partial charge < -0.3 is 19.2 Å². The van der Waals surface area contributed by atoms with Crippen LogP contribution in [0.4, 0.5) is 0 Å². The number of hydrogen-bond acceptors (Lipinski definition) is 5. The van der Waals surface area contributed by atoms with Gasteiger partial charge in [-0.15, -0.1) is 0 Å². The molecule has 1 heterocycles. The van der Waals surface area contributed by atoms with Crippen LogP contribution >= 0.6 is 0 Å². The molecule has 0 aliphatic heterocycles. The highest BCUT2D eigenvalue weighted by molar-refractivity contribution is 5.79. The minimum atomic E-state index is -0.434. The number of fused-ring (bicyclic) bond motifs is 1. The first-order valence-electron chi connectivity index (χ1n) is 9.90. The molecule has 1 amide bonds. The number of hydrogen-bond donors (Lipinski definition) is 1. The Hall–Kier alpha value is -4.06. The Labute approximate surface area is 179 Å². The molecule has 0 unspecified atom stereocenters. The highest BCUT2D eigenvalue weighted by atomic mass is 16.5. The summed E-state index contributed by atoms with van der Waals surface area (Å²) in [5.41, 5.74) is 2.05. The van der Waals surface area contributed by atoms with E-state index < -0.39 is 5.63 Å². The van der Waals surface area contributed by atoms with Gasteiger partial charge in [0.1, 0.15) is 23.7 Å². The van der Waals surface area contributed by atoms with Crippen molar-refractivity contribution in [2.75, 3.05) is 19.8 Å². The molecule has 31 heavy (non-hydrogen) atoms. The highest BCUT2D eigenvalue weighted by Gasteiger charge is 2.07. The highest BCUT2D eigenvalue weighted by Crippen LogP contribution is 2.29. The fraction of sp³-hybridized carbons (Fsp3) is 0.120. The van der Waals surface area contributed by atoms with Crippen LogP contribution in [0.5, 0.6) is 11.5 Å². The van der Waals surface area contributed by atoms with Crippen molar-refractivity contribution in [3.05, 3.63) is 95.3 Å². The molecule has 156 valence electrons. The van der Waals surface area contributed by atoms with E-state index in [9.17, 15) is 9.59 Å². The lowest BCUT2D eigenvalue weighted by molar-refractivity contribution is -0.123. The molecule has 6 nitrogen and oxygen atoms in total. The number of ether oxygens (including phenoxy) is 2. The first-order chi connectivity index (χ1) is 15.2. The van der Waals surface area contributed by atoms with E-state index in [0.717, 1.165) is 22.3 Å². The van der Waals surface area contributed by atoms with Gasteiger partial charge in [0.05, 0.1) is 6.54 Å². The maximum Gasteiger partial charge on any atom is 0.336 e. The van der Waals surface area contributed by atoms with E-state index in [-0.39, 0.29) is 12.5 Å². The Morgan fingerprint density at radius 3 is 2.52 bits per heavy atom. The SMILES string of the molecule is O=C(COc1ccc2ccc(=O)oc2c1)NCCOc1ccccc1-c1ccccc1. The predicted molar refractivity (Wildman–Crippen MR) is 118 cm³/mol. The lowest BCUT2D eigenvalue weighted by atomic mass is 10.1. The fourth-order valence-electron chi connectivity index (χ4n) is 3.13. The monoisotopic (exact) mass is 415 g/mol. The minimum Gasteiger partial charge on any atom is -0.491 e. The quantitative estimate of drug-likeness (QED) is 0.347. The summed E-state index contributed by atoms with van der Waals surface area (Å²) in [6, 6.07) is 25.9. The van der Waals surface area contributed by atoms with E-state index in [1.165, 1.54) is 6.07 Å². The molecule has 0 radical (unpaired) electrons. The van der Waals surface area contributed by atoms with Crippen molar-refractivity contribution in [2.45, 2.75) is 0 Å². The molecule has 6 heteroatoms.